The van der Waals surface area contributed by atoms with E-state index in [0.29, 0.717) is 0 Å². The molecule has 0 atom stereocenters. The maximum atomic E-state index is 12.6. The molecule has 2 aromatic heterocycles. The number of hydrogen-bond donors (Lipinski definition) is 1. The standard InChI is InChI=1S/C14H13N5O3/c1-22-14(21)19-8-16-11-10(19)12(20)18(13(15)17-11)7-9-5-3-2-4-6-9/h2-6,8H,7H2,1H3,(H2,15,17). The van der Waals surface area contributed by atoms with Gasteiger partial charge in [-0.15, -0.1) is 0 Å². The van der Waals surface area contributed by atoms with Crippen LogP contribution >= 0.6 is 0 Å². The van der Waals surface area contributed by atoms with Crippen molar-refractivity contribution < 1.29 is 9.53 Å². The van der Waals surface area contributed by atoms with E-state index in [1.807, 2.05) is 30.3 Å². The summed E-state index contributed by atoms with van der Waals surface area (Å²) in [4.78, 5) is 32.3. The van der Waals surface area contributed by atoms with Gasteiger partial charge in [-0.05, 0) is 5.56 Å². The van der Waals surface area contributed by atoms with Crippen molar-refractivity contribution in [1.29, 1.82) is 0 Å². The average molecular weight is 299 g/mol. The summed E-state index contributed by atoms with van der Waals surface area (Å²) in [6.45, 7) is 0.251. The average Bonchev–Trinajstić information content (AvgIpc) is 2.95. The number of hydrogen-bond acceptors (Lipinski definition) is 6. The van der Waals surface area contributed by atoms with Crippen LogP contribution in [0.3, 0.4) is 0 Å². The number of nitrogens with two attached hydrogens (primary N) is 1. The number of rotatable bonds is 2. The van der Waals surface area contributed by atoms with E-state index in [1.165, 1.54) is 18.0 Å². The third-order valence-corrected chi connectivity index (χ3v) is 3.25. The van der Waals surface area contributed by atoms with E-state index in [4.69, 9.17) is 5.73 Å². The predicted molar refractivity (Wildman–Crippen MR) is 79.5 cm³/mol. The molecule has 0 spiro atoms. The van der Waals surface area contributed by atoms with E-state index >= 15 is 0 Å². The van der Waals surface area contributed by atoms with Crippen LogP contribution in [-0.2, 0) is 11.3 Å². The molecular weight excluding hydrogens is 286 g/mol. The first-order chi connectivity index (χ1) is 10.6. The van der Waals surface area contributed by atoms with Gasteiger partial charge in [-0.25, -0.2) is 14.3 Å². The summed E-state index contributed by atoms with van der Waals surface area (Å²) in [5.74, 6) is 0.0384. The molecule has 0 amide bonds. The Bertz CT molecular complexity index is 898. The summed E-state index contributed by atoms with van der Waals surface area (Å²) in [6.07, 6.45) is 0.481. The van der Waals surface area contributed by atoms with E-state index < -0.39 is 11.7 Å². The maximum absolute atomic E-state index is 12.6. The Morgan fingerprint density at radius 3 is 2.73 bits per heavy atom. The molecule has 0 fully saturated rings. The molecule has 2 N–H and O–H groups in total. The molecule has 1 aromatic carbocycles. The first kappa shape index (κ1) is 13.8. The number of fused-ring (bicyclic) bond motifs is 1. The monoisotopic (exact) mass is 299 g/mol. The van der Waals surface area contributed by atoms with Crippen LogP contribution in [0.15, 0.2) is 41.5 Å². The number of aromatic nitrogens is 4. The number of nitrogens with zero attached hydrogens (tertiary/aromatic N) is 4. The molecule has 2 heterocycles. The SMILES string of the molecule is COC(=O)n1cnc2nc(N)n(Cc3ccccc3)c(=O)c21. The van der Waals surface area contributed by atoms with Crippen molar-refractivity contribution in [2.24, 2.45) is 0 Å². The number of nitrogen functional groups attached to an aromatic ring is 1. The lowest BCUT2D eigenvalue weighted by atomic mass is 10.2. The fourth-order valence-electron chi connectivity index (χ4n) is 2.18. The summed E-state index contributed by atoms with van der Waals surface area (Å²) in [7, 11) is 1.22. The smallest absolute Gasteiger partial charge is 0.419 e. The lowest BCUT2D eigenvalue weighted by molar-refractivity contribution is 0.174. The molecular formula is C14H13N5O3. The number of benzene rings is 1. The zero-order chi connectivity index (χ0) is 15.7. The van der Waals surface area contributed by atoms with E-state index in [2.05, 4.69) is 14.7 Å². The molecule has 8 nitrogen and oxygen atoms in total. The quantitative estimate of drug-likeness (QED) is 0.751. The van der Waals surface area contributed by atoms with E-state index in [0.717, 1.165) is 10.1 Å². The molecule has 0 saturated heterocycles. The Balaban J connectivity index is 2.18. The van der Waals surface area contributed by atoms with Crippen molar-refractivity contribution in [2.45, 2.75) is 6.54 Å². The summed E-state index contributed by atoms with van der Waals surface area (Å²) >= 11 is 0. The zero-order valence-corrected chi connectivity index (χ0v) is 11.8. The summed E-state index contributed by atoms with van der Waals surface area (Å²) in [5, 5.41) is 0. The summed E-state index contributed by atoms with van der Waals surface area (Å²) < 4.78 is 6.93. The van der Waals surface area contributed by atoms with Gasteiger partial charge in [0.05, 0.1) is 13.7 Å². The van der Waals surface area contributed by atoms with Crippen molar-refractivity contribution in [3.63, 3.8) is 0 Å². The topological polar surface area (TPSA) is 105 Å². The van der Waals surface area contributed by atoms with Crippen LogP contribution in [0, 0.1) is 0 Å². The van der Waals surface area contributed by atoms with Gasteiger partial charge in [0.1, 0.15) is 6.33 Å². The minimum Gasteiger partial charge on any atom is -0.452 e. The van der Waals surface area contributed by atoms with E-state index in [1.54, 1.807) is 0 Å². The Labute approximate surface area is 124 Å². The van der Waals surface area contributed by atoms with Crippen LogP contribution < -0.4 is 11.3 Å². The van der Waals surface area contributed by atoms with Gasteiger partial charge in [0.15, 0.2) is 11.2 Å². The molecule has 3 rings (SSSR count). The second-order valence-electron chi connectivity index (χ2n) is 4.60. The van der Waals surface area contributed by atoms with Crippen LogP contribution in [0.1, 0.15) is 5.56 Å². The van der Waals surface area contributed by atoms with Crippen LogP contribution in [0.2, 0.25) is 0 Å². The van der Waals surface area contributed by atoms with Crippen molar-refractivity contribution in [2.75, 3.05) is 12.8 Å². The number of carbonyl (C=O) groups excluding carboxylic acids is 1. The Hall–Kier alpha value is -3.16. The molecule has 0 unspecified atom stereocenters. The first-order valence-corrected chi connectivity index (χ1v) is 6.47. The lowest BCUT2D eigenvalue weighted by Gasteiger charge is -2.09. The predicted octanol–water partition coefficient (Wildman–Crippen LogP) is 0.838. The number of ether oxygens (including phenoxy) is 1. The molecule has 0 aliphatic rings. The van der Waals surface area contributed by atoms with Gasteiger partial charge in [0.2, 0.25) is 5.95 Å². The number of imidazole rings is 1. The van der Waals surface area contributed by atoms with Gasteiger partial charge in [-0.3, -0.25) is 9.36 Å². The van der Waals surface area contributed by atoms with Gasteiger partial charge in [0.25, 0.3) is 5.56 Å². The summed E-state index contributed by atoms with van der Waals surface area (Å²) in [5.41, 5.74) is 6.43. The molecule has 0 aliphatic heterocycles. The molecule has 8 heteroatoms. The minimum absolute atomic E-state index is 0.0384. The fourth-order valence-corrected chi connectivity index (χ4v) is 2.18. The minimum atomic E-state index is -0.711. The summed E-state index contributed by atoms with van der Waals surface area (Å²) in [6, 6.07) is 9.34. The Morgan fingerprint density at radius 1 is 1.32 bits per heavy atom. The molecule has 0 aliphatic carbocycles. The third kappa shape index (κ3) is 2.20. The van der Waals surface area contributed by atoms with Crippen LogP contribution in [0.5, 0.6) is 0 Å². The first-order valence-electron chi connectivity index (χ1n) is 6.47. The highest BCUT2D eigenvalue weighted by molar-refractivity contribution is 5.84. The number of methoxy groups -OCH3 is 1. The van der Waals surface area contributed by atoms with Crippen LogP contribution in [0.4, 0.5) is 10.7 Å². The normalized spacial score (nSPS) is 10.8. The second-order valence-corrected chi connectivity index (χ2v) is 4.60. The van der Waals surface area contributed by atoms with Gasteiger partial charge in [0, 0.05) is 0 Å². The molecule has 22 heavy (non-hydrogen) atoms. The maximum Gasteiger partial charge on any atom is 0.419 e. The van der Waals surface area contributed by atoms with E-state index in [-0.39, 0.29) is 23.7 Å². The second kappa shape index (κ2) is 5.32. The van der Waals surface area contributed by atoms with Gasteiger partial charge in [-0.1, -0.05) is 30.3 Å². The molecule has 112 valence electrons. The Kier molecular flexibility index (Phi) is 3.34. The van der Waals surface area contributed by atoms with Gasteiger partial charge < -0.3 is 10.5 Å². The highest BCUT2D eigenvalue weighted by atomic mass is 16.5. The van der Waals surface area contributed by atoms with Crippen molar-refractivity contribution in [3.05, 3.63) is 52.6 Å². The molecule has 0 radical (unpaired) electrons. The highest BCUT2D eigenvalue weighted by Gasteiger charge is 2.18. The van der Waals surface area contributed by atoms with Crippen LogP contribution in [-0.4, -0.2) is 32.3 Å². The molecule has 0 bridgehead atoms. The van der Waals surface area contributed by atoms with E-state index in [9.17, 15) is 9.59 Å². The van der Waals surface area contributed by atoms with Gasteiger partial charge in [-0.2, -0.15) is 4.98 Å². The highest BCUT2D eigenvalue weighted by Crippen LogP contribution is 2.10. The fraction of sp³-hybridized carbons (Fsp3) is 0.143. The molecule has 0 saturated carbocycles. The zero-order valence-electron chi connectivity index (χ0n) is 11.8. The largest absolute Gasteiger partial charge is 0.452 e. The van der Waals surface area contributed by atoms with Crippen molar-refractivity contribution >= 4 is 23.2 Å². The van der Waals surface area contributed by atoms with Crippen LogP contribution in [0.25, 0.3) is 11.2 Å². The number of carbonyl (C=O) groups is 1. The van der Waals surface area contributed by atoms with Crippen molar-refractivity contribution in [1.82, 2.24) is 19.1 Å². The number of anilines is 1. The van der Waals surface area contributed by atoms with Gasteiger partial charge >= 0.3 is 6.09 Å². The molecule has 3 aromatic rings. The Morgan fingerprint density at radius 2 is 2.05 bits per heavy atom. The third-order valence-electron chi connectivity index (χ3n) is 3.25. The lowest BCUT2D eigenvalue weighted by Crippen LogP contribution is -2.27. The van der Waals surface area contributed by atoms with Crippen molar-refractivity contribution in [3.8, 4) is 0 Å².